The number of ether oxygens (including phenoxy) is 2. The van der Waals surface area contributed by atoms with Crippen molar-refractivity contribution in [1.82, 2.24) is 14.8 Å². The van der Waals surface area contributed by atoms with Crippen LogP contribution < -0.4 is 14.8 Å². The molecule has 0 saturated carbocycles. The maximum absolute atomic E-state index is 6.62. The fraction of sp³-hybridized carbons (Fsp3) is 0.154. The quantitative estimate of drug-likeness (QED) is 0.421. The predicted octanol–water partition coefficient (Wildman–Crippen LogP) is 5.81. The average Bonchev–Trinajstić information content (AvgIpc) is 3.31. The van der Waals surface area contributed by atoms with Crippen molar-refractivity contribution in [3.05, 3.63) is 106 Å². The topological polar surface area (TPSA) is 61.2 Å². The fourth-order valence-electron chi connectivity index (χ4n) is 4.56. The zero-order valence-corrected chi connectivity index (χ0v) is 18.9. The van der Waals surface area contributed by atoms with E-state index in [1.165, 1.54) is 5.56 Å². The Morgan fingerprint density at radius 3 is 2.52 bits per heavy atom. The second-order valence-corrected chi connectivity index (χ2v) is 8.64. The molecule has 164 valence electrons. The molecule has 1 N–H and O–H groups in total. The highest BCUT2D eigenvalue weighted by molar-refractivity contribution is 6.30. The van der Waals surface area contributed by atoms with Crippen molar-refractivity contribution >= 4 is 23.2 Å². The summed E-state index contributed by atoms with van der Waals surface area (Å²) in [5, 5.41) is 8.71. The summed E-state index contributed by atoms with van der Waals surface area (Å²) < 4.78 is 13.9. The highest BCUT2D eigenvalue weighted by Gasteiger charge is 2.41. The minimum atomic E-state index is -0.337. The Labute approximate surface area is 196 Å². The Hall–Kier alpha value is -3.77. The molecule has 6 rings (SSSR count). The Kier molecular flexibility index (Phi) is 4.62. The third-order valence-corrected chi connectivity index (χ3v) is 6.42. The van der Waals surface area contributed by atoms with Gasteiger partial charge in [0.15, 0.2) is 0 Å². The lowest BCUT2D eigenvalue weighted by Gasteiger charge is -2.39. The number of aromatic nitrogens is 3. The molecule has 0 bridgehead atoms. The van der Waals surface area contributed by atoms with E-state index >= 15 is 0 Å². The van der Waals surface area contributed by atoms with Crippen LogP contribution in [0.15, 0.2) is 78.6 Å². The monoisotopic (exact) mass is 456 g/mol. The first-order valence-corrected chi connectivity index (χ1v) is 11.1. The molecule has 0 aliphatic carbocycles. The van der Waals surface area contributed by atoms with Gasteiger partial charge in [-0.3, -0.25) is 0 Å². The first-order chi connectivity index (χ1) is 16.1. The molecule has 0 amide bonds. The van der Waals surface area contributed by atoms with Crippen LogP contribution in [0, 0.1) is 6.92 Å². The lowest BCUT2D eigenvalue weighted by Crippen LogP contribution is -2.32. The maximum atomic E-state index is 6.62. The summed E-state index contributed by atoms with van der Waals surface area (Å²) in [5.41, 5.74) is 6.24. The molecule has 1 aromatic heterocycles. The summed E-state index contributed by atoms with van der Waals surface area (Å²) in [6.45, 7) is 2.08. The molecule has 6 nitrogen and oxygen atoms in total. The normalized spacial score (nSPS) is 18.5. The van der Waals surface area contributed by atoms with Gasteiger partial charge in [-0.15, -0.1) is 0 Å². The minimum absolute atomic E-state index is 0.196. The number of rotatable bonds is 3. The van der Waals surface area contributed by atoms with Crippen LogP contribution in [-0.4, -0.2) is 21.9 Å². The van der Waals surface area contributed by atoms with Crippen LogP contribution >= 0.6 is 11.6 Å². The smallest absolute Gasteiger partial charge is 0.226 e. The highest BCUT2D eigenvalue weighted by atomic mass is 35.5. The van der Waals surface area contributed by atoms with Crippen molar-refractivity contribution in [3.63, 3.8) is 0 Å². The summed E-state index contributed by atoms with van der Waals surface area (Å²) in [5.74, 6) is 2.24. The first-order valence-electron chi connectivity index (χ1n) is 10.7. The largest absolute Gasteiger partial charge is 0.497 e. The van der Waals surface area contributed by atoms with Gasteiger partial charge in [-0.05, 0) is 48.4 Å². The van der Waals surface area contributed by atoms with Crippen LogP contribution in [0.3, 0.4) is 0 Å². The summed E-state index contributed by atoms with van der Waals surface area (Å²) in [6, 6.07) is 22.0. The Morgan fingerprint density at radius 1 is 1.00 bits per heavy atom. The second kappa shape index (κ2) is 7.67. The number of hydrogen-bond donors (Lipinski definition) is 1. The van der Waals surface area contributed by atoms with Gasteiger partial charge in [0.2, 0.25) is 5.95 Å². The molecule has 7 heteroatoms. The van der Waals surface area contributed by atoms with Crippen LogP contribution in [-0.2, 0) is 0 Å². The molecule has 3 heterocycles. The molecule has 4 aromatic rings. The molecule has 0 radical (unpaired) electrons. The van der Waals surface area contributed by atoms with E-state index in [1.54, 1.807) is 13.4 Å². The van der Waals surface area contributed by atoms with E-state index in [4.69, 9.17) is 21.1 Å². The van der Waals surface area contributed by atoms with Crippen molar-refractivity contribution in [2.75, 3.05) is 12.4 Å². The molecular weight excluding hydrogens is 436 g/mol. The third kappa shape index (κ3) is 3.26. The zero-order chi connectivity index (χ0) is 22.5. The van der Waals surface area contributed by atoms with E-state index in [9.17, 15) is 0 Å². The Morgan fingerprint density at radius 2 is 1.76 bits per heavy atom. The van der Waals surface area contributed by atoms with Gasteiger partial charge in [0.25, 0.3) is 0 Å². The number of hydrogen-bond acceptors (Lipinski definition) is 5. The molecule has 2 aliphatic heterocycles. The van der Waals surface area contributed by atoms with Crippen LogP contribution in [0.1, 0.15) is 34.4 Å². The highest BCUT2D eigenvalue weighted by Crippen LogP contribution is 2.51. The molecular formula is C26H21ClN4O2. The fourth-order valence-corrected chi connectivity index (χ4v) is 4.74. The molecule has 0 spiro atoms. The van der Waals surface area contributed by atoms with Gasteiger partial charge in [-0.2, -0.15) is 10.1 Å². The van der Waals surface area contributed by atoms with Gasteiger partial charge in [-0.25, -0.2) is 4.68 Å². The molecule has 3 aromatic carbocycles. The van der Waals surface area contributed by atoms with Gasteiger partial charge in [0, 0.05) is 16.2 Å². The van der Waals surface area contributed by atoms with Crippen molar-refractivity contribution in [2.24, 2.45) is 0 Å². The molecule has 0 saturated heterocycles. The van der Waals surface area contributed by atoms with Gasteiger partial charge >= 0.3 is 0 Å². The average molecular weight is 457 g/mol. The van der Waals surface area contributed by atoms with Crippen molar-refractivity contribution in [1.29, 1.82) is 0 Å². The number of aryl methyl sites for hydroxylation is 1. The number of fused-ring (bicyclic) bond motifs is 3. The van der Waals surface area contributed by atoms with Gasteiger partial charge in [-0.1, -0.05) is 53.6 Å². The van der Waals surface area contributed by atoms with E-state index in [1.807, 2.05) is 47.1 Å². The number of nitrogens with one attached hydrogen (secondary N) is 1. The summed E-state index contributed by atoms with van der Waals surface area (Å²) in [7, 11) is 1.66. The van der Waals surface area contributed by atoms with Crippen molar-refractivity contribution in [3.8, 4) is 11.5 Å². The molecule has 0 unspecified atom stereocenters. The van der Waals surface area contributed by atoms with Crippen molar-refractivity contribution in [2.45, 2.75) is 19.1 Å². The molecule has 33 heavy (non-hydrogen) atoms. The minimum Gasteiger partial charge on any atom is -0.497 e. The van der Waals surface area contributed by atoms with Gasteiger partial charge < -0.3 is 14.8 Å². The number of benzene rings is 3. The zero-order valence-electron chi connectivity index (χ0n) is 18.1. The van der Waals surface area contributed by atoms with Gasteiger partial charge in [0.05, 0.1) is 12.8 Å². The third-order valence-electron chi connectivity index (χ3n) is 6.19. The van der Waals surface area contributed by atoms with E-state index in [0.29, 0.717) is 11.0 Å². The van der Waals surface area contributed by atoms with E-state index in [-0.39, 0.29) is 12.1 Å². The maximum Gasteiger partial charge on any atom is 0.226 e. The Balaban J connectivity index is 1.61. The van der Waals surface area contributed by atoms with Crippen LogP contribution in [0.2, 0.25) is 5.02 Å². The predicted molar refractivity (Wildman–Crippen MR) is 128 cm³/mol. The van der Waals surface area contributed by atoms with Crippen LogP contribution in [0.5, 0.6) is 11.5 Å². The lowest BCUT2D eigenvalue weighted by atomic mass is 9.84. The number of nitrogens with zero attached hydrogens (tertiary/aromatic N) is 3. The summed E-state index contributed by atoms with van der Waals surface area (Å²) in [6.07, 6.45) is 1.24. The number of methoxy groups -OCH3 is 1. The molecule has 0 fully saturated rings. The van der Waals surface area contributed by atoms with Crippen molar-refractivity contribution < 1.29 is 9.47 Å². The number of anilines is 1. The summed E-state index contributed by atoms with van der Waals surface area (Å²) >= 11 is 6.39. The van der Waals surface area contributed by atoms with Crippen LogP contribution in [0.25, 0.3) is 5.70 Å². The van der Waals surface area contributed by atoms with E-state index in [0.717, 1.165) is 39.5 Å². The van der Waals surface area contributed by atoms with E-state index in [2.05, 4.69) is 46.6 Å². The van der Waals surface area contributed by atoms with Gasteiger partial charge in [0.1, 0.15) is 30.0 Å². The molecule has 2 atom stereocenters. The second-order valence-electron chi connectivity index (χ2n) is 8.21. The standard InChI is InChI=1S/C26H21ClN4O2/c1-15-3-5-16(6-4-15)24-22-23(30-26-28-14-29-31(24)26)20-13-18(27)9-12-21(20)33-25(22)17-7-10-19(32-2)11-8-17/h3-14,24-25H,1-2H3,(H,28,29,30)/t24-,25+/m1/s1. The Bertz CT molecular complexity index is 1380. The summed E-state index contributed by atoms with van der Waals surface area (Å²) in [4.78, 5) is 4.47. The number of halogens is 1. The SMILES string of the molecule is COc1ccc([C@@H]2Oc3ccc(Cl)cc3C3=C2[C@@H](c2ccc(C)cc2)n2ncnc2N3)cc1. The van der Waals surface area contributed by atoms with E-state index < -0.39 is 0 Å². The molecule has 2 aliphatic rings. The lowest BCUT2D eigenvalue weighted by molar-refractivity contribution is 0.223. The van der Waals surface area contributed by atoms with Crippen LogP contribution in [0.4, 0.5) is 5.95 Å². The first kappa shape index (κ1) is 19.9.